The summed E-state index contributed by atoms with van der Waals surface area (Å²) in [6, 6.07) is 7.58. The van der Waals surface area contributed by atoms with Crippen molar-refractivity contribution in [3.8, 4) is 5.69 Å². The molecule has 1 atom stereocenters. The maximum Gasteiger partial charge on any atom is 0.244 e. The number of nitrogens with zero attached hydrogens (tertiary/aromatic N) is 2. The van der Waals surface area contributed by atoms with Crippen LogP contribution in [-0.2, 0) is 4.79 Å². The number of amides is 1. The Labute approximate surface area is 143 Å². The fraction of sp³-hybridized carbons (Fsp3) is 0.333. The summed E-state index contributed by atoms with van der Waals surface area (Å²) < 4.78 is 1.88. The van der Waals surface area contributed by atoms with Crippen LogP contribution in [0.2, 0.25) is 0 Å². The van der Waals surface area contributed by atoms with Crippen molar-refractivity contribution < 1.29 is 4.79 Å². The molecule has 1 heterocycles. The van der Waals surface area contributed by atoms with Gasteiger partial charge in [-0.25, -0.2) is 4.98 Å². The Morgan fingerprint density at radius 2 is 2.14 bits per heavy atom. The molecule has 5 nitrogen and oxygen atoms in total. The zero-order valence-electron chi connectivity index (χ0n) is 12.7. The second kappa shape index (κ2) is 8.78. The van der Waals surface area contributed by atoms with E-state index in [0.717, 1.165) is 17.8 Å². The summed E-state index contributed by atoms with van der Waals surface area (Å²) in [5.74, 6) is -0.165. The number of halogens is 2. The predicted octanol–water partition coefficient (Wildman–Crippen LogP) is 3.17. The summed E-state index contributed by atoms with van der Waals surface area (Å²) in [6.07, 6.45) is 6.80. The Hall–Kier alpha value is -1.56. The molecule has 0 aliphatic rings. The molecule has 1 amide bonds. The maximum absolute atomic E-state index is 12.2. The number of hydrogen-bond donors (Lipinski definition) is 2. The molecule has 0 bridgehead atoms. The van der Waals surface area contributed by atoms with Gasteiger partial charge in [-0.1, -0.05) is 19.4 Å². The first-order valence-electron chi connectivity index (χ1n) is 6.71. The number of carbonyl (C=O) groups is 1. The van der Waals surface area contributed by atoms with Crippen LogP contribution < -0.4 is 11.1 Å². The molecule has 0 aliphatic heterocycles. The molecule has 7 heteroatoms. The van der Waals surface area contributed by atoms with E-state index >= 15 is 0 Å². The van der Waals surface area contributed by atoms with E-state index in [1.165, 1.54) is 0 Å². The average Bonchev–Trinajstić information content (AvgIpc) is 2.93. The van der Waals surface area contributed by atoms with Gasteiger partial charge in [-0.15, -0.1) is 24.8 Å². The maximum atomic E-state index is 12.2. The Morgan fingerprint density at radius 1 is 1.41 bits per heavy atom. The van der Waals surface area contributed by atoms with Crippen molar-refractivity contribution in [2.24, 2.45) is 5.73 Å². The second-order valence-corrected chi connectivity index (χ2v) is 5.14. The van der Waals surface area contributed by atoms with Gasteiger partial charge in [0.1, 0.15) is 0 Å². The van der Waals surface area contributed by atoms with E-state index in [4.69, 9.17) is 5.73 Å². The van der Waals surface area contributed by atoms with Crippen LogP contribution in [-0.4, -0.2) is 21.0 Å². The Bertz CT molecular complexity index is 585. The first-order valence-corrected chi connectivity index (χ1v) is 6.71. The molecule has 0 saturated heterocycles. The van der Waals surface area contributed by atoms with Gasteiger partial charge in [0.15, 0.2) is 0 Å². The lowest BCUT2D eigenvalue weighted by atomic mass is 9.96. The van der Waals surface area contributed by atoms with Gasteiger partial charge in [0.2, 0.25) is 5.91 Å². The van der Waals surface area contributed by atoms with E-state index in [1.807, 2.05) is 42.0 Å². The van der Waals surface area contributed by atoms with Crippen molar-refractivity contribution >= 4 is 36.4 Å². The van der Waals surface area contributed by atoms with Crippen molar-refractivity contribution in [1.29, 1.82) is 0 Å². The number of imidazole rings is 1. The third-order valence-electron chi connectivity index (χ3n) is 3.19. The van der Waals surface area contributed by atoms with Crippen molar-refractivity contribution in [3.63, 3.8) is 0 Å². The van der Waals surface area contributed by atoms with Gasteiger partial charge in [-0.05, 0) is 31.5 Å². The molecular weight excluding hydrogens is 323 g/mol. The zero-order chi connectivity index (χ0) is 14.6. The summed E-state index contributed by atoms with van der Waals surface area (Å²) in [5.41, 5.74) is 6.85. The number of nitrogens with two attached hydrogens (primary N) is 1. The second-order valence-electron chi connectivity index (χ2n) is 5.14. The van der Waals surface area contributed by atoms with Gasteiger partial charge in [0, 0.05) is 23.8 Å². The van der Waals surface area contributed by atoms with Crippen LogP contribution in [0, 0.1) is 0 Å². The molecule has 2 rings (SSSR count). The third kappa shape index (κ3) is 5.02. The predicted molar refractivity (Wildman–Crippen MR) is 94.2 cm³/mol. The molecule has 1 unspecified atom stereocenters. The normalized spacial score (nSPS) is 12.5. The smallest absolute Gasteiger partial charge is 0.244 e. The highest BCUT2D eigenvalue weighted by Gasteiger charge is 2.27. The summed E-state index contributed by atoms with van der Waals surface area (Å²) in [6.45, 7) is 3.77. The summed E-state index contributed by atoms with van der Waals surface area (Å²) >= 11 is 0. The molecule has 0 spiro atoms. The molecule has 0 aliphatic carbocycles. The lowest BCUT2D eigenvalue weighted by Gasteiger charge is -2.23. The number of nitrogens with one attached hydrogen (secondary N) is 1. The highest BCUT2D eigenvalue weighted by atomic mass is 35.5. The van der Waals surface area contributed by atoms with Gasteiger partial charge in [0.25, 0.3) is 0 Å². The monoisotopic (exact) mass is 344 g/mol. The molecule has 1 aromatic carbocycles. The van der Waals surface area contributed by atoms with Gasteiger partial charge >= 0.3 is 0 Å². The van der Waals surface area contributed by atoms with E-state index in [9.17, 15) is 4.79 Å². The molecule has 1 aromatic heterocycles. The standard InChI is InChI=1S/C15H20N4O.2ClH/c1-3-7-15(2,16)14(20)18-12-5-4-6-13(10-12)19-9-8-17-11-19;;/h4-6,8-11H,3,7,16H2,1-2H3,(H,18,20);2*1H. The van der Waals surface area contributed by atoms with E-state index < -0.39 is 5.54 Å². The number of carbonyl (C=O) groups excluding carboxylic acids is 1. The quantitative estimate of drug-likeness (QED) is 0.874. The lowest BCUT2D eigenvalue weighted by Crippen LogP contribution is -2.48. The van der Waals surface area contributed by atoms with Crippen LogP contribution in [0.25, 0.3) is 5.69 Å². The molecule has 122 valence electrons. The molecular formula is C15H22Cl2N4O. The van der Waals surface area contributed by atoms with E-state index in [-0.39, 0.29) is 30.7 Å². The van der Waals surface area contributed by atoms with Gasteiger partial charge in [-0.3, -0.25) is 4.79 Å². The number of rotatable bonds is 5. The van der Waals surface area contributed by atoms with Crippen molar-refractivity contribution in [1.82, 2.24) is 9.55 Å². The first-order chi connectivity index (χ1) is 9.53. The van der Waals surface area contributed by atoms with Crippen LogP contribution >= 0.6 is 24.8 Å². The van der Waals surface area contributed by atoms with E-state index in [0.29, 0.717) is 6.42 Å². The van der Waals surface area contributed by atoms with Crippen LogP contribution in [0.5, 0.6) is 0 Å². The van der Waals surface area contributed by atoms with E-state index in [1.54, 1.807) is 19.4 Å². The molecule has 2 aromatic rings. The fourth-order valence-electron chi connectivity index (χ4n) is 2.06. The molecule has 22 heavy (non-hydrogen) atoms. The Morgan fingerprint density at radius 3 is 2.73 bits per heavy atom. The molecule has 0 saturated carbocycles. The largest absolute Gasteiger partial charge is 0.324 e. The summed E-state index contributed by atoms with van der Waals surface area (Å²) in [7, 11) is 0. The first kappa shape index (κ1) is 20.4. The Balaban J connectivity index is 0.00000220. The topological polar surface area (TPSA) is 72.9 Å². The summed E-state index contributed by atoms with van der Waals surface area (Å²) in [5, 5.41) is 2.87. The van der Waals surface area contributed by atoms with Crippen LogP contribution in [0.3, 0.4) is 0 Å². The lowest BCUT2D eigenvalue weighted by molar-refractivity contribution is -0.120. The fourth-order valence-corrected chi connectivity index (χ4v) is 2.06. The highest BCUT2D eigenvalue weighted by molar-refractivity contribution is 5.97. The molecule has 3 N–H and O–H groups in total. The minimum atomic E-state index is -0.847. The molecule has 0 fully saturated rings. The zero-order valence-corrected chi connectivity index (χ0v) is 14.3. The summed E-state index contributed by atoms with van der Waals surface area (Å²) in [4.78, 5) is 16.2. The highest BCUT2D eigenvalue weighted by Crippen LogP contribution is 2.17. The SMILES string of the molecule is CCCC(C)(N)C(=O)Nc1cccc(-n2ccnc2)c1.Cl.Cl. The van der Waals surface area contributed by atoms with Crippen LogP contribution in [0.1, 0.15) is 26.7 Å². The minimum Gasteiger partial charge on any atom is -0.324 e. The van der Waals surface area contributed by atoms with Crippen LogP contribution in [0.15, 0.2) is 43.0 Å². The van der Waals surface area contributed by atoms with Gasteiger partial charge in [-0.2, -0.15) is 0 Å². The number of aromatic nitrogens is 2. The van der Waals surface area contributed by atoms with Crippen LogP contribution in [0.4, 0.5) is 5.69 Å². The molecule has 0 radical (unpaired) electrons. The van der Waals surface area contributed by atoms with Gasteiger partial charge in [0.05, 0.1) is 11.9 Å². The van der Waals surface area contributed by atoms with Crippen molar-refractivity contribution in [3.05, 3.63) is 43.0 Å². The van der Waals surface area contributed by atoms with Crippen molar-refractivity contribution in [2.75, 3.05) is 5.32 Å². The van der Waals surface area contributed by atoms with Crippen molar-refractivity contribution in [2.45, 2.75) is 32.2 Å². The third-order valence-corrected chi connectivity index (χ3v) is 3.19. The van der Waals surface area contributed by atoms with Gasteiger partial charge < -0.3 is 15.6 Å². The number of benzene rings is 1. The minimum absolute atomic E-state index is 0. The number of anilines is 1. The number of hydrogen-bond acceptors (Lipinski definition) is 3. The van der Waals surface area contributed by atoms with E-state index in [2.05, 4.69) is 10.3 Å². The Kier molecular flexibility index (Phi) is 8.16. The average molecular weight is 345 g/mol.